The van der Waals surface area contributed by atoms with Crippen molar-refractivity contribution in [2.24, 2.45) is 0 Å². The summed E-state index contributed by atoms with van der Waals surface area (Å²) in [5, 5.41) is 8.09. The third kappa shape index (κ3) is 6.87. The normalized spacial score (nSPS) is 10.5. The van der Waals surface area contributed by atoms with E-state index in [1.807, 2.05) is 79.0 Å². The van der Waals surface area contributed by atoms with Gasteiger partial charge in [-0.2, -0.15) is 0 Å². The number of carbonyl (C=O) groups is 3. The van der Waals surface area contributed by atoms with E-state index >= 15 is 0 Å². The Morgan fingerprint density at radius 2 is 1.70 bits per heavy atom. The highest BCUT2D eigenvalue weighted by Gasteiger charge is 2.22. The first-order chi connectivity index (χ1) is 17.9. The summed E-state index contributed by atoms with van der Waals surface area (Å²) in [6, 6.07) is 24.2. The molecule has 3 aromatic carbocycles. The molecule has 37 heavy (non-hydrogen) atoms. The zero-order valence-corrected chi connectivity index (χ0v) is 22.1. The maximum atomic E-state index is 12.8. The van der Waals surface area contributed by atoms with Crippen LogP contribution in [0.4, 0.5) is 10.7 Å². The number of hydrogen-bond donors (Lipinski definition) is 2. The molecule has 0 atom stereocenters. The number of nitrogens with one attached hydrogen (secondary N) is 2. The van der Waals surface area contributed by atoms with Gasteiger partial charge in [-0.3, -0.25) is 9.59 Å². The molecular weight excluding hydrogens is 504 g/mol. The molecule has 2 amide bonds. The van der Waals surface area contributed by atoms with Crippen LogP contribution >= 0.6 is 23.1 Å². The Bertz CT molecular complexity index is 1420. The van der Waals surface area contributed by atoms with Crippen molar-refractivity contribution in [2.45, 2.75) is 18.7 Å². The molecule has 0 aliphatic rings. The average Bonchev–Trinajstić information content (AvgIpc) is 3.32. The van der Waals surface area contributed by atoms with E-state index in [0.717, 1.165) is 21.6 Å². The fourth-order valence-electron chi connectivity index (χ4n) is 3.65. The smallest absolute Gasteiger partial charge is 0.341 e. The van der Waals surface area contributed by atoms with E-state index in [9.17, 15) is 14.4 Å². The van der Waals surface area contributed by atoms with Gasteiger partial charge in [-0.05, 0) is 49.7 Å². The van der Waals surface area contributed by atoms with E-state index in [0.29, 0.717) is 21.8 Å². The molecule has 0 radical (unpaired) electrons. The van der Waals surface area contributed by atoms with Crippen molar-refractivity contribution in [3.8, 4) is 11.1 Å². The van der Waals surface area contributed by atoms with Crippen molar-refractivity contribution < 1.29 is 19.1 Å². The molecule has 0 fully saturated rings. The molecule has 0 saturated carbocycles. The molecular formula is C29H26N2O4S2. The summed E-state index contributed by atoms with van der Waals surface area (Å²) in [4.78, 5) is 38.9. The van der Waals surface area contributed by atoms with Gasteiger partial charge in [0.2, 0.25) is 5.91 Å². The van der Waals surface area contributed by atoms with E-state index in [-0.39, 0.29) is 24.2 Å². The Labute approximate surface area is 224 Å². The minimum atomic E-state index is -0.470. The number of amides is 2. The minimum Gasteiger partial charge on any atom is -0.462 e. The molecule has 0 unspecified atom stereocenters. The summed E-state index contributed by atoms with van der Waals surface area (Å²) >= 11 is 2.63. The summed E-state index contributed by atoms with van der Waals surface area (Å²) in [5.74, 6) is -0.772. The van der Waals surface area contributed by atoms with E-state index in [1.54, 1.807) is 19.1 Å². The molecule has 0 aliphatic heterocycles. The number of anilines is 2. The number of carbonyl (C=O) groups excluding carboxylic acids is 3. The maximum absolute atomic E-state index is 12.8. The molecule has 0 bridgehead atoms. The Hall–Kier alpha value is -3.88. The zero-order valence-electron chi connectivity index (χ0n) is 20.4. The van der Waals surface area contributed by atoms with Crippen molar-refractivity contribution in [3.63, 3.8) is 0 Å². The number of benzene rings is 3. The molecule has 0 aliphatic carbocycles. The summed E-state index contributed by atoms with van der Waals surface area (Å²) in [6.45, 7) is 3.93. The van der Waals surface area contributed by atoms with Gasteiger partial charge in [-0.25, -0.2) is 4.79 Å². The van der Waals surface area contributed by atoms with E-state index in [4.69, 9.17) is 4.74 Å². The summed E-state index contributed by atoms with van der Waals surface area (Å²) in [7, 11) is 0. The number of rotatable bonds is 9. The van der Waals surface area contributed by atoms with Crippen LogP contribution in [-0.4, -0.2) is 30.1 Å². The number of esters is 1. The molecule has 4 aromatic rings. The standard InChI is InChI=1S/C29H26N2O4S2/c1-3-35-29(34)26-24(20-10-5-4-6-11-20)17-37-28(26)31-25(32)18-36-23-14-8-13-22(16-23)30-27(33)21-12-7-9-19(2)15-21/h4-17H,3,18H2,1-2H3,(H,30,33)(H,31,32). The molecule has 0 spiro atoms. The highest BCUT2D eigenvalue weighted by Crippen LogP contribution is 2.36. The van der Waals surface area contributed by atoms with Crippen LogP contribution in [0.25, 0.3) is 11.1 Å². The SMILES string of the molecule is CCOC(=O)c1c(-c2ccccc2)csc1NC(=O)CSc1cccc(NC(=O)c2cccc(C)c2)c1. The van der Waals surface area contributed by atoms with Gasteiger partial charge in [0.1, 0.15) is 10.6 Å². The van der Waals surface area contributed by atoms with Gasteiger partial charge in [-0.15, -0.1) is 23.1 Å². The first-order valence-electron chi connectivity index (χ1n) is 11.7. The van der Waals surface area contributed by atoms with Crippen LogP contribution < -0.4 is 10.6 Å². The lowest BCUT2D eigenvalue weighted by atomic mass is 10.0. The van der Waals surface area contributed by atoms with Gasteiger partial charge in [0, 0.05) is 27.1 Å². The van der Waals surface area contributed by atoms with Crippen LogP contribution in [-0.2, 0) is 9.53 Å². The van der Waals surface area contributed by atoms with Crippen molar-refractivity contribution >= 4 is 51.6 Å². The largest absolute Gasteiger partial charge is 0.462 e. The lowest BCUT2D eigenvalue weighted by Crippen LogP contribution is -2.16. The van der Waals surface area contributed by atoms with Crippen molar-refractivity contribution in [1.29, 1.82) is 0 Å². The van der Waals surface area contributed by atoms with Crippen LogP contribution in [0.15, 0.2) is 89.1 Å². The Morgan fingerprint density at radius 3 is 2.46 bits per heavy atom. The lowest BCUT2D eigenvalue weighted by molar-refractivity contribution is -0.113. The summed E-state index contributed by atoms with van der Waals surface area (Å²) < 4.78 is 5.26. The minimum absolute atomic E-state index is 0.135. The molecule has 8 heteroatoms. The fourth-order valence-corrected chi connectivity index (χ4v) is 5.38. The number of hydrogen-bond acceptors (Lipinski definition) is 6. The first-order valence-corrected chi connectivity index (χ1v) is 13.6. The molecule has 188 valence electrons. The second kappa shape index (κ2) is 12.4. The number of thiophene rings is 1. The van der Waals surface area contributed by atoms with Gasteiger partial charge in [-0.1, -0.05) is 54.1 Å². The van der Waals surface area contributed by atoms with Gasteiger partial charge in [0.25, 0.3) is 5.91 Å². The molecule has 1 aromatic heterocycles. The molecule has 4 rings (SSSR count). The van der Waals surface area contributed by atoms with Gasteiger partial charge in [0.15, 0.2) is 0 Å². The van der Waals surface area contributed by atoms with Crippen LogP contribution in [0.5, 0.6) is 0 Å². The van der Waals surface area contributed by atoms with E-state index in [2.05, 4.69) is 10.6 Å². The quantitative estimate of drug-likeness (QED) is 0.182. The Kier molecular flexibility index (Phi) is 8.77. The van der Waals surface area contributed by atoms with Gasteiger partial charge >= 0.3 is 5.97 Å². The third-order valence-corrected chi connectivity index (χ3v) is 7.24. The lowest BCUT2D eigenvalue weighted by Gasteiger charge is -2.10. The van der Waals surface area contributed by atoms with Gasteiger partial charge in [0.05, 0.1) is 12.4 Å². The number of aryl methyl sites for hydroxylation is 1. The molecule has 0 saturated heterocycles. The Balaban J connectivity index is 1.42. The van der Waals surface area contributed by atoms with Crippen LogP contribution in [0, 0.1) is 6.92 Å². The third-order valence-electron chi connectivity index (χ3n) is 5.35. The zero-order chi connectivity index (χ0) is 26.2. The van der Waals surface area contributed by atoms with Crippen LogP contribution in [0.2, 0.25) is 0 Å². The predicted molar refractivity (Wildman–Crippen MR) is 151 cm³/mol. The second-order valence-corrected chi connectivity index (χ2v) is 10.1. The van der Waals surface area contributed by atoms with Crippen molar-refractivity contribution in [3.05, 3.63) is 101 Å². The summed E-state index contributed by atoms with van der Waals surface area (Å²) in [6.07, 6.45) is 0. The van der Waals surface area contributed by atoms with E-state index in [1.165, 1.54) is 23.1 Å². The fraction of sp³-hybridized carbons (Fsp3) is 0.138. The second-order valence-electron chi connectivity index (χ2n) is 8.13. The van der Waals surface area contributed by atoms with Crippen LogP contribution in [0.3, 0.4) is 0 Å². The van der Waals surface area contributed by atoms with Gasteiger partial charge < -0.3 is 15.4 Å². The molecule has 6 nitrogen and oxygen atoms in total. The average molecular weight is 531 g/mol. The summed E-state index contributed by atoms with van der Waals surface area (Å²) in [5.41, 5.74) is 4.20. The number of ether oxygens (including phenoxy) is 1. The highest BCUT2D eigenvalue weighted by atomic mass is 32.2. The van der Waals surface area contributed by atoms with E-state index < -0.39 is 5.97 Å². The monoisotopic (exact) mass is 530 g/mol. The maximum Gasteiger partial charge on any atom is 0.341 e. The van der Waals surface area contributed by atoms with Crippen molar-refractivity contribution in [2.75, 3.05) is 23.0 Å². The first kappa shape index (κ1) is 26.2. The Morgan fingerprint density at radius 1 is 0.919 bits per heavy atom. The number of thioether (sulfide) groups is 1. The molecule has 2 N–H and O–H groups in total. The predicted octanol–water partition coefficient (Wildman–Crippen LogP) is 6.88. The highest BCUT2D eigenvalue weighted by molar-refractivity contribution is 8.00. The van der Waals surface area contributed by atoms with Crippen LogP contribution in [0.1, 0.15) is 33.2 Å². The van der Waals surface area contributed by atoms with Crippen molar-refractivity contribution in [1.82, 2.24) is 0 Å². The topological polar surface area (TPSA) is 84.5 Å². The molecule has 1 heterocycles.